The summed E-state index contributed by atoms with van der Waals surface area (Å²) in [7, 11) is 0. The largest absolute Gasteiger partial charge is 0.481 e. The summed E-state index contributed by atoms with van der Waals surface area (Å²) in [5.74, 6) is -1.04. The third-order valence-electron chi connectivity index (χ3n) is 4.36. The Kier molecular flexibility index (Phi) is 4.91. The van der Waals surface area contributed by atoms with Crippen molar-refractivity contribution in [1.82, 2.24) is 4.98 Å². The maximum Gasteiger partial charge on any atom is 0.307 e. The number of ether oxygens (including phenoxy) is 1. The molecule has 0 fully saturated rings. The predicted molar refractivity (Wildman–Crippen MR) is 109 cm³/mol. The molecule has 0 radical (unpaired) electrons. The van der Waals surface area contributed by atoms with Crippen LogP contribution < -0.4 is 9.64 Å². The van der Waals surface area contributed by atoms with Gasteiger partial charge in [-0.15, -0.1) is 11.3 Å². The Morgan fingerprint density at radius 2 is 2.11 bits per heavy atom. The summed E-state index contributed by atoms with van der Waals surface area (Å²) in [6.07, 6.45) is -1.50. The Hall–Kier alpha value is -2.35. The molecule has 6 nitrogen and oxygen atoms in total. The maximum atomic E-state index is 12.9. The quantitative estimate of drug-likeness (QED) is 0.641. The lowest BCUT2D eigenvalue weighted by molar-refractivity contribution is -0.142. The van der Waals surface area contributed by atoms with Gasteiger partial charge in [-0.3, -0.25) is 14.5 Å². The molecule has 1 aliphatic heterocycles. The highest BCUT2D eigenvalue weighted by Crippen LogP contribution is 2.39. The van der Waals surface area contributed by atoms with Crippen molar-refractivity contribution < 1.29 is 19.4 Å². The lowest BCUT2D eigenvalue weighted by atomic mass is 10.1. The van der Waals surface area contributed by atoms with Gasteiger partial charge in [-0.25, -0.2) is 4.98 Å². The number of amides is 1. The molecule has 1 aromatic heterocycles. The third kappa shape index (κ3) is 3.41. The van der Waals surface area contributed by atoms with Crippen LogP contribution in [0.15, 0.2) is 30.3 Å². The summed E-state index contributed by atoms with van der Waals surface area (Å²) in [6.45, 7) is 2.08. The second-order valence-corrected chi connectivity index (χ2v) is 8.29. The topological polar surface area (TPSA) is 79.7 Å². The van der Waals surface area contributed by atoms with Crippen LogP contribution in [0.25, 0.3) is 10.2 Å². The van der Waals surface area contributed by atoms with Crippen molar-refractivity contribution in [1.29, 1.82) is 0 Å². The number of carboxylic acid groups (broad SMARTS) is 1. The summed E-state index contributed by atoms with van der Waals surface area (Å²) in [4.78, 5) is 30.1. The Balaban J connectivity index is 1.74. The fourth-order valence-electron chi connectivity index (χ4n) is 3.07. The van der Waals surface area contributed by atoms with Gasteiger partial charge >= 0.3 is 5.97 Å². The Labute approximate surface area is 174 Å². The van der Waals surface area contributed by atoms with Crippen LogP contribution in [0.3, 0.4) is 0 Å². The molecule has 1 aliphatic rings. The number of nitrogens with zero attached hydrogens (tertiary/aromatic N) is 2. The first kappa shape index (κ1) is 19.0. The number of aryl methyl sites for hydroxylation is 1. The van der Waals surface area contributed by atoms with Crippen LogP contribution in [0.5, 0.6) is 5.75 Å². The molecule has 0 spiro atoms. The number of halogens is 2. The minimum absolute atomic E-state index is 0.182. The smallest absolute Gasteiger partial charge is 0.307 e. The minimum Gasteiger partial charge on any atom is -0.481 e. The van der Waals surface area contributed by atoms with Crippen molar-refractivity contribution in [2.24, 2.45) is 0 Å². The highest BCUT2D eigenvalue weighted by molar-refractivity contribution is 7.19. The number of benzene rings is 2. The van der Waals surface area contributed by atoms with Crippen LogP contribution in [-0.4, -0.2) is 28.1 Å². The van der Waals surface area contributed by atoms with Gasteiger partial charge in [-0.1, -0.05) is 29.3 Å². The van der Waals surface area contributed by atoms with Gasteiger partial charge < -0.3 is 9.84 Å². The van der Waals surface area contributed by atoms with Gasteiger partial charge in [0.05, 0.1) is 38.9 Å². The van der Waals surface area contributed by atoms with Gasteiger partial charge in [0.1, 0.15) is 10.8 Å². The van der Waals surface area contributed by atoms with E-state index in [1.54, 1.807) is 24.3 Å². The van der Waals surface area contributed by atoms with E-state index in [-0.39, 0.29) is 6.54 Å². The fraction of sp³-hybridized carbons (Fsp3) is 0.211. The summed E-state index contributed by atoms with van der Waals surface area (Å²) in [5, 5.41) is 10.7. The van der Waals surface area contributed by atoms with Gasteiger partial charge in [0, 0.05) is 0 Å². The van der Waals surface area contributed by atoms with Crippen LogP contribution in [0.2, 0.25) is 10.0 Å². The predicted octanol–water partition coefficient (Wildman–Crippen LogP) is 4.68. The third-order valence-corrected chi connectivity index (χ3v) is 6.35. The number of rotatable bonds is 4. The van der Waals surface area contributed by atoms with Gasteiger partial charge in [0.15, 0.2) is 6.10 Å². The molecular formula is C19H14Cl2N2O4S. The molecule has 0 saturated heterocycles. The molecule has 9 heteroatoms. The first-order valence-electron chi connectivity index (χ1n) is 8.37. The first-order chi connectivity index (χ1) is 13.3. The molecule has 1 N–H and O–H groups in total. The van der Waals surface area contributed by atoms with Crippen molar-refractivity contribution in [3.05, 3.63) is 50.9 Å². The van der Waals surface area contributed by atoms with E-state index in [4.69, 9.17) is 33.0 Å². The first-order valence-corrected chi connectivity index (χ1v) is 9.94. The number of aromatic nitrogens is 1. The summed E-state index contributed by atoms with van der Waals surface area (Å²) in [5.41, 5.74) is 2.23. The van der Waals surface area contributed by atoms with E-state index in [1.807, 2.05) is 13.0 Å². The normalized spacial score (nSPS) is 16.2. The average molecular weight is 437 g/mol. The number of carbonyl (C=O) groups is 2. The van der Waals surface area contributed by atoms with Gasteiger partial charge in [-0.2, -0.15) is 0 Å². The standard InChI is InChI=1S/C19H14Cl2N2O4S/c1-9-2-5-12-13(6-9)27-14(7-16(24)25)19(26)23(12)8-15-22-11-4-3-10(20)17(21)18(11)28-15/h2-6,14H,7-8H2,1H3,(H,24,25). The van der Waals surface area contributed by atoms with E-state index in [0.29, 0.717) is 32.0 Å². The molecule has 144 valence electrons. The van der Waals surface area contributed by atoms with Crippen LogP contribution >= 0.6 is 34.5 Å². The molecule has 3 aromatic rings. The number of aliphatic carboxylic acids is 1. The van der Waals surface area contributed by atoms with E-state index in [0.717, 1.165) is 10.3 Å². The molecule has 1 unspecified atom stereocenters. The van der Waals surface area contributed by atoms with E-state index < -0.39 is 24.4 Å². The van der Waals surface area contributed by atoms with Crippen LogP contribution in [0, 0.1) is 6.92 Å². The molecule has 28 heavy (non-hydrogen) atoms. The molecule has 1 amide bonds. The van der Waals surface area contributed by atoms with E-state index >= 15 is 0 Å². The number of carbonyl (C=O) groups excluding carboxylic acids is 1. The Bertz CT molecular complexity index is 1110. The van der Waals surface area contributed by atoms with Crippen molar-refractivity contribution in [3.8, 4) is 5.75 Å². The molecule has 2 heterocycles. The molecule has 0 aliphatic carbocycles. The molecule has 1 atom stereocenters. The second-order valence-electron chi connectivity index (χ2n) is 6.42. The number of carboxylic acids is 1. The lowest BCUT2D eigenvalue weighted by Crippen LogP contribution is -2.46. The molecular weight excluding hydrogens is 423 g/mol. The zero-order chi connectivity index (χ0) is 20.0. The van der Waals surface area contributed by atoms with Crippen molar-refractivity contribution in [2.75, 3.05) is 4.90 Å². The Morgan fingerprint density at radius 3 is 2.86 bits per heavy atom. The van der Waals surface area contributed by atoms with Crippen molar-refractivity contribution in [2.45, 2.75) is 26.0 Å². The molecule has 0 bridgehead atoms. The van der Waals surface area contributed by atoms with Gasteiger partial charge in [-0.05, 0) is 36.8 Å². The molecule has 2 aromatic carbocycles. The highest BCUT2D eigenvalue weighted by Gasteiger charge is 2.36. The summed E-state index contributed by atoms with van der Waals surface area (Å²) < 4.78 is 6.42. The van der Waals surface area contributed by atoms with Crippen LogP contribution in [-0.2, 0) is 16.1 Å². The monoisotopic (exact) mass is 436 g/mol. The summed E-state index contributed by atoms with van der Waals surface area (Å²) >= 11 is 13.7. The van der Waals surface area contributed by atoms with E-state index in [1.165, 1.54) is 16.2 Å². The van der Waals surface area contributed by atoms with Crippen molar-refractivity contribution >= 4 is 62.3 Å². The molecule has 4 rings (SSSR count). The maximum absolute atomic E-state index is 12.9. The fourth-order valence-corrected chi connectivity index (χ4v) is 4.55. The Morgan fingerprint density at radius 1 is 1.32 bits per heavy atom. The zero-order valence-corrected chi connectivity index (χ0v) is 16.9. The lowest BCUT2D eigenvalue weighted by Gasteiger charge is -2.33. The number of fused-ring (bicyclic) bond motifs is 2. The highest BCUT2D eigenvalue weighted by atomic mass is 35.5. The minimum atomic E-state index is -1.10. The average Bonchev–Trinajstić information content (AvgIpc) is 3.05. The number of hydrogen-bond donors (Lipinski definition) is 1. The summed E-state index contributed by atoms with van der Waals surface area (Å²) in [6, 6.07) is 8.90. The van der Waals surface area contributed by atoms with E-state index in [9.17, 15) is 9.59 Å². The SMILES string of the molecule is Cc1ccc2c(c1)OC(CC(=O)O)C(=O)N2Cc1nc2ccc(Cl)c(Cl)c2s1. The number of hydrogen-bond acceptors (Lipinski definition) is 5. The van der Waals surface area contributed by atoms with Gasteiger partial charge in [0.25, 0.3) is 5.91 Å². The van der Waals surface area contributed by atoms with Crippen LogP contribution in [0.4, 0.5) is 5.69 Å². The number of anilines is 1. The zero-order valence-electron chi connectivity index (χ0n) is 14.6. The second kappa shape index (κ2) is 7.24. The van der Waals surface area contributed by atoms with E-state index in [2.05, 4.69) is 4.98 Å². The van der Waals surface area contributed by atoms with Crippen molar-refractivity contribution in [3.63, 3.8) is 0 Å². The number of thiazole rings is 1. The van der Waals surface area contributed by atoms with Gasteiger partial charge in [0.2, 0.25) is 0 Å². The van der Waals surface area contributed by atoms with Crippen LogP contribution in [0.1, 0.15) is 17.0 Å². The molecule has 0 saturated carbocycles.